The lowest BCUT2D eigenvalue weighted by Gasteiger charge is -2.33. The smallest absolute Gasteiger partial charge is 0.332 e. The van der Waals surface area contributed by atoms with Crippen molar-refractivity contribution in [1.82, 2.24) is 35.1 Å². The SMILES string of the molecule is CCCc1nc2c(n1Cc1ccc(-c3ccccc3-c3nn[nH]n3)cc1)C(C(=O)O)N(C(=O)CC(=O)c1ccccc1)CC2. The Morgan fingerprint density at radius 3 is 2.36 bits per heavy atom. The van der Waals surface area contributed by atoms with Crippen LogP contribution in [-0.2, 0) is 29.0 Å². The third kappa shape index (κ3) is 5.63. The van der Waals surface area contributed by atoms with Crippen molar-refractivity contribution in [2.75, 3.05) is 6.54 Å². The molecule has 1 amide bonds. The van der Waals surface area contributed by atoms with Crippen LogP contribution in [0.1, 0.15) is 58.9 Å². The van der Waals surface area contributed by atoms with Crippen LogP contribution in [-0.4, -0.2) is 64.4 Å². The maximum absolute atomic E-state index is 13.4. The highest BCUT2D eigenvalue weighted by Gasteiger charge is 2.40. The number of aromatic amines is 1. The molecule has 2 aromatic heterocycles. The minimum Gasteiger partial charge on any atom is -0.479 e. The quantitative estimate of drug-likeness (QED) is 0.179. The number of tetrazole rings is 1. The van der Waals surface area contributed by atoms with E-state index < -0.39 is 24.3 Å². The summed E-state index contributed by atoms with van der Waals surface area (Å²) >= 11 is 0. The molecule has 0 saturated heterocycles. The van der Waals surface area contributed by atoms with E-state index in [1.54, 1.807) is 30.3 Å². The second kappa shape index (κ2) is 12.4. The molecule has 0 fully saturated rings. The number of amides is 1. The van der Waals surface area contributed by atoms with Gasteiger partial charge in [-0.15, -0.1) is 10.2 Å². The second-order valence-corrected chi connectivity index (χ2v) is 10.7. The van der Waals surface area contributed by atoms with Gasteiger partial charge in [-0.1, -0.05) is 85.8 Å². The Hall–Kier alpha value is -5.45. The van der Waals surface area contributed by atoms with Crippen LogP contribution in [0.2, 0.25) is 0 Å². The number of hydrogen-bond acceptors (Lipinski definition) is 7. The highest BCUT2D eigenvalue weighted by atomic mass is 16.4. The number of nitrogens with zero attached hydrogens (tertiary/aromatic N) is 6. The van der Waals surface area contributed by atoms with E-state index in [9.17, 15) is 19.5 Å². The van der Waals surface area contributed by atoms with E-state index in [1.807, 2.05) is 60.0 Å². The highest BCUT2D eigenvalue weighted by molar-refractivity contribution is 6.08. The zero-order chi connectivity index (χ0) is 30.6. The summed E-state index contributed by atoms with van der Waals surface area (Å²) in [5.74, 6) is -0.713. The lowest BCUT2D eigenvalue weighted by molar-refractivity contribution is -0.151. The molecule has 1 aliphatic rings. The first-order chi connectivity index (χ1) is 21.4. The molecular formula is C33H31N7O4. The first-order valence-corrected chi connectivity index (χ1v) is 14.6. The van der Waals surface area contributed by atoms with Crippen LogP contribution in [0, 0.1) is 0 Å². The Kier molecular flexibility index (Phi) is 8.09. The van der Waals surface area contributed by atoms with E-state index >= 15 is 0 Å². The van der Waals surface area contributed by atoms with Crippen molar-refractivity contribution in [2.24, 2.45) is 0 Å². The number of Topliss-reactive ketones (excluding diaryl/α,β-unsaturated/α-hetero) is 1. The predicted octanol–water partition coefficient (Wildman–Crippen LogP) is 4.51. The van der Waals surface area contributed by atoms with Crippen molar-refractivity contribution in [3.8, 4) is 22.5 Å². The zero-order valence-electron chi connectivity index (χ0n) is 24.2. The van der Waals surface area contributed by atoms with Gasteiger partial charge in [-0.2, -0.15) is 5.21 Å². The first kappa shape index (κ1) is 28.7. The third-order valence-corrected chi connectivity index (χ3v) is 7.88. The van der Waals surface area contributed by atoms with E-state index in [-0.39, 0.29) is 12.3 Å². The summed E-state index contributed by atoms with van der Waals surface area (Å²) in [6, 6.07) is 23.2. The number of imidazole rings is 1. The lowest BCUT2D eigenvalue weighted by atomic mass is 9.98. The topological polar surface area (TPSA) is 147 Å². The largest absolute Gasteiger partial charge is 0.479 e. The Labute approximate surface area is 253 Å². The molecule has 11 heteroatoms. The highest BCUT2D eigenvalue weighted by Crippen LogP contribution is 2.34. The van der Waals surface area contributed by atoms with Gasteiger partial charge in [0.05, 0.1) is 17.8 Å². The Morgan fingerprint density at radius 1 is 0.955 bits per heavy atom. The minimum absolute atomic E-state index is 0.182. The monoisotopic (exact) mass is 589 g/mol. The number of ketones is 1. The van der Waals surface area contributed by atoms with Gasteiger partial charge < -0.3 is 14.6 Å². The number of carbonyl (C=O) groups excluding carboxylic acids is 2. The molecule has 2 N–H and O–H groups in total. The fourth-order valence-corrected chi connectivity index (χ4v) is 5.81. The van der Waals surface area contributed by atoms with Gasteiger partial charge >= 0.3 is 5.97 Å². The average molecular weight is 590 g/mol. The summed E-state index contributed by atoms with van der Waals surface area (Å²) < 4.78 is 1.94. The lowest BCUT2D eigenvalue weighted by Crippen LogP contribution is -2.45. The van der Waals surface area contributed by atoms with Gasteiger partial charge in [0, 0.05) is 37.1 Å². The maximum atomic E-state index is 13.4. The fourth-order valence-electron chi connectivity index (χ4n) is 5.81. The number of aromatic nitrogens is 6. The molecule has 3 heterocycles. The standard InChI is InChI=1S/C33H31N7O4/c1-2-8-28-34-26-17-18-39(29(42)19-27(41)23-9-4-3-5-10-23)31(33(43)44)30(26)40(28)20-21-13-15-22(16-14-21)24-11-6-7-12-25(24)32-35-37-38-36-32/h3-7,9-16,31H,2,8,17-20H2,1H3,(H,43,44)(H,35,36,37,38). The molecule has 0 aliphatic carbocycles. The Morgan fingerprint density at radius 2 is 1.68 bits per heavy atom. The van der Waals surface area contributed by atoms with Crippen molar-refractivity contribution >= 4 is 17.7 Å². The number of nitrogens with one attached hydrogen (secondary N) is 1. The zero-order valence-corrected chi connectivity index (χ0v) is 24.2. The molecule has 222 valence electrons. The average Bonchev–Trinajstić information content (AvgIpc) is 3.70. The van der Waals surface area contributed by atoms with Gasteiger partial charge in [-0.25, -0.2) is 9.78 Å². The molecule has 0 radical (unpaired) electrons. The summed E-state index contributed by atoms with van der Waals surface area (Å²) in [5.41, 5.74) is 5.34. The van der Waals surface area contributed by atoms with Gasteiger partial charge in [0.2, 0.25) is 11.7 Å². The van der Waals surface area contributed by atoms with Gasteiger partial charge in [0.1, 0.15) is 5.82 Å². The van der Waals surface area contributed by atoms with Crippen LogP contribution in [0.25, 0.3) is 22.5 Å². The number of H-pyrrole nitrogens is 1. The van der Waals surface area contributed by atoms with Gasteiger partial charge in [-0.3, -0.25) is 9.59 Å². The summed E-state index contributed by atoms with van der Waals surface area (Å²) in [6.45, 7) is 2.62. The molecule has 6 rings (SSSR count). The van der Waals surface area contributed by atoms with Crippen molar-refractivity contribution < 1.29 is 19.5 Å². The van der Waals surface area contributed by atoms with E-state index in [0.717, 1.165) is 34.5 Å². The van der Waals surface area contributed by atoms with Crippen LogP contribution in [0.5, 0.6) is 0 Å². The molecule has 1 aliphatic heterocycles. The van der Waals surface area contributed by atoms with Crippen molar-refractivity contribution in [2.45, 2.75) is 45.2 Å². The number of benzene rings is 3. The molecule has 44 heavy (non-hydrogen) atoms. The molecule has 0 spiro atoms. The predicted molar refractivity (Wildman–Crippen MR) is 162 cm³/mol. The summed E-state index contributed by atoms with van der Waals surface area (Å²) in [5, 5.41) is 24.8. The molecular weight excluding hydrogens is 558 g/mol. The first-order valence-electron chi connectivity index (χ1n) is 14.6. The van der Waals surface area contributed by atoms with Crippen LogP contribution >= 0.6 is 0 Å². The molecule has 1 atom stereocenters. The van der Waals surface area contributed by atoms with Gasteiger partial charge in [0.15, 0.2) is 11.8 Å². The summed E-state index contributed by atoms with van der Waals surface area (Å²) in [7, 11) is 0. The molecule has 11 nitrogen and oxygen atoms in total. The van der Waals surface area contributed by atoms with Crippen LogP contribution in [0.15, 0.2) is 78.9 Å². The number of carboxylic acid groups (broad SMARTS) is 1. The van der Waals surface area contributed by atoms with Gasteiger partial charge in [-0.05, 0) is 28.3 Å². The van der Waals surface area contributed by atoms with Gasteiger partial charge in [0.25, 0.3) is 0 Å². The summed E-state index contributed by atoms with van der Waals surface area (Å²) in [6.07, 6.45) is 1.51. The number of carbonyl (C=O) groups is 3. The Balaban J connectivity index is 1.30. The normalized spacial score (nSPS) is 14.3. The molecule has 3 aromatic carbocycles. The van der Waals surface area contributed by atoms with E-state index in [2.05, 4.69) is 20.6 Å². The van der Waals surface area contributed by atoms with Crippen LogP contribution < -0.4 is 0 Å². The fraction of sp³-hybridized carbons (Fsp3) is 0.242. The number of aliphatic carboxylic acids is 1. The molecule has 0 bridgehead atoms. The third-order valence-electron chi connectivity index (χ3n) is 7.88. The maximum Gasteiger partial charge on any atom is 0.332 e. The minimum atomic E-state index is -1.24. The van der Waals surface area contributed by atoms with Crippen molar-refractivity contribution in [1.29, 1.82) is 0 Å². The molecule has 0 saturated carbocycles. The molecule has 5 aromatic rings. The van der Waals surface area contributed by atoms with E-state index in [4.69, 9.17) is 4.98 Å². The van der Waals surface area contributed by atoms with Crippen molar-refractivity contribution in [3.05, 3.63) is 107 Å². The van der Waals surface area contributed by atoms with Crippen LogP contribution in [0.3, 0.4) is 0 Å². The number of aryl methyl sites for hydroxylation is 1. The van der Waals surface area contributed by atoms with E-state index in [1.165, 1.54) is 4.90 Å². The van der Waals surface area contributed by atoms with E-state index in [0.29, 0.717) is 42.2 Å². The molecule has 1 unspecified atom stereocenters. The Bertz CT molecular complexity index is 1800. The van der Waals surface area contributed by atoms with Crippen LogP contribution in [0.4, 0.5) is 0 Å². The van der Waals surface area contributed by atoms with Crippen molar-refractivity contribution in [3.63, 3.8) is 0 Å². The number of hydrogen-bond donors (Lipinski definition) is 2. The number of rotatable bonds is 10. The number of carboxylic acids is 1. The number of fused-ring (bicyclic) bond motifs is 1. The summed E-state index contributed by atoms with van der Waals surface area (Å²) in [4.78, 5) is 45.1. The second-order valence-electron chi connectivity index (χ2n) is 10.7.